The van der Waals surface area contributed by atoms with E-state index in [0.29, 0.717) is 18.1 Å². The minimum Gasteiger partial charge on any atom is -0.396 e. The van der Waals surface area contributed by atoms with Gasteiger partial charge < -0.3 is 16.4 Å². The first kappa shape index (κ1) is 18.9. The predicted molar refractivity (Wildman–Crippen MR) is 117 cm³/mol. The summed E-state index contributed by atoms with van der Waals surface area (Å²) in [6.07, 6.45) is 6.70. The number of rotatable bonds is 8. The number of anilines is 2. The molecule has 4 N–H and O–H groups in total. The van der Waals surface area contributed by atoms with Crippen LogP contribution >= 0.6 is 0 Å². The Labute approximate surface area is 170 Å². The number of benzene rings is 1. The summed E-state index contributed by atoms with van der Waals surface area (Å²) in [6.45, 7) is 2.47. The van der Waals surface area contributed by atoms with Gasteiger partial charge in [0, 0.05) is 36.4 Å². The first-order chi connectivity index (χ1) is 14.2. The second-order valence-electron chi connectivity index (χ2n) is 6.97. The van der Waals surface area contributed by atoms with Crippen molar-refractivity contribution in [1.29, 1.82) is 0 Å². The summed E-state index contributed by atoms with van der Waals surface area (Å²) in [4.78, 5) is 9.08. The number of fused-ring (bicyclic) bond motifs is 1. The van der Waals surface area contributed by atoms with Crippen molar-refractivity contribution in [3.63, 3.8) is 0 Å². The van der Waals surface area contributed by atoms with Crippen LogP contribution < -0.4 is 16.4 Å². The molecular weight excluding hydrogens is 362 g/mol. The topological polar surface area (TPSA) is 93.7 Å². The quantitative estimate of drug-likeness (QED) is 0.402. The van der Waals surface area contributed by atoms with E-state index in [4.69, 9.17) is 10.7 Å². The molecular formula is C22H25N7. The molecule has 148 valence electrons. The third-order valence-electron chi connectivity index (χ3n) is 4.80. The van der Waals surface area contributed by atoms with Gasteiger partial charge in [-0.25, -0.2) is 4.98 Å². The van der Waals surface area contributed by atoms with Crippen molar-refractivity contribution in [1.82, 2.24) is 25.1 Å². The van der Waals surface area contributed by atoms with Gasteiger partial charge in [-0.05, 0) is 55.9 Å². The van der Waals surface area contributed by atoms with Gasteiger partial charge in [-0.2, -0.15) is 5.10 Å². The van der Waals surface area contributed by atoms with Crippen LogP contribution in [0, 0.1) is 0 Å². The fourth-order valence-electron chi connectivity index (χ4n) is 3.23. The fraction of sp³-hybridized carbons (Fsp3) is 0.227. The number of aromatic nitrogens is 4. The molecule has 4 rings (SSSR count). The van der Waals surface area contributed by atoms with E-state index in [1.54, 1.807) is 6.20 Å². The SMILES string of the molecule is CNCCCn1cc(-c2ccc(N)c(NCc3ccc4ncccc4c3)n2)cn1. The molecule has 0 radical (unpaired) electrons. The van der Waals surface area contributed by atoms with Crippen molar-refractivity contribution in [2.45, 2.75) is 19.5 Å². The molecule has 7 nitrogen and oxygen atoms in total. The molecule has 29 heavy (non-hydrogen) atoms. The molecule has 0 aliphatic rings. The first-order valence-corrected chi connectivity index (χ1v) is 9.74. The second-order valence-corrected chi connectivity index (χ2v) is 6.97. The Hall–Kier alpha value is -3.45. The minimum absolute atomic E-state index is 0.623. The zero-order valence-corrected chi connectivity index (χ0v) is 16.5. The molecule has 0 amide bonds. The van der Waals surface area contributed by atoms with E-state index < -0.39 is 0 Å². The van der Waals surface area contributed by atoms with Gasteiger partial charge in [0.15, 0.2) is 0 Å². The number of pyridine rings is 2. The average molecular weight is 387 g/mol. The largest absolute Gasteiger partial charge is 0.396 e. The Balaban J connectivity index is 1.48. The highest BCUT2D eigenvalue weighted by Crippen LogP contribution is 2.24. The predicted octanol–water partition coefficient (Wildman–Crippen LogP) is 3.30. The Kier molecular flexibility index (Phi) is 5.67. The van der Waals surface area contributed by atoms with Gasteiger partial charge in [0.2, 0.25) is 0 Å². The fourth-order valence-corrected chi connectivity index (χ4v) is 3.23. The van der Waals surface area contributed by atoms with E-state index in [2.05, 4.69) is 38.9 Å². The summed E-state index contributed by atoms with van der Waals surface area (Å²) in [5.74, 6) is 0.678. The van der Waals surface area contributed by atoms with E-state index in [1.807, 2.05) is 48.4 Å². The summed E-state index contributed by atoms with van der Waals surface area (Å²) < 4.78 is 1.95. The maximum atomic E-state index is 6.15. The van der Waals surface area contributed by atoms with E-state index >= 15 is 0 Å². The zero-order chi connectivity index (χ0) is 20.1. The average Bonchev–Trinajstić information content (AvgIpc) is 3.22. The molecule has 0 bridgehead atoms. The highest BCUT2D eigenvalue weighted by Gasteiger charge is 2.08. The van der Waals surface area contributed by atoms with Gasteiger partial charge in [-0.1, -0.05) is 12.1 Å². The number of aryl methyl sites for hydroxylation is 1. The van der Waals surface area contributed by atoms with Crippen LogP contribution in [0.4, 0.5) is 11.5 Å². The van der Waals surface area contributed by atoms with Crippen LogP contribution in [0.3, 0.4) is 0 Å². The van der Waals surface area contributed by atoms with Gasteiger partial charge in [0.25, 0.3) is 0 Å². The summed E-state index contributed by atoms with van der Waals surface area (Å²) >= 11 is 0. The molecule has 0 fully saturated rings. The Bertz CT molecular complexity index is 1100. The maximum Gasteiger partial charge on any atom is 0.150 e. The lowest BCUT2D eigenvalue weighted by atomic mass is 10.1. The maximum absolute atomic E-state index is 6.15. The molecule has 7 heteroatoms. The molecule has 0 atom stereocenters. The molecule has 0 aliphatic heterocycles. The van der Waals surface area contributed by atoms with Crippen LogP contribution in [0.5, 0.6) is 0 Å². The molecule has 3 aromatic heterocycles. The molecule has 0 saturated heterocycles. The van der Waals surface area contributed by atoms with Crippen molar-refractivity contribution in [2.24, 2.45) is 0 Å². The molecule has 4 aromatic rings. The van der Waals surface area contributed by atoms with Gasteiger partial charge in [0.1, 0.15) is 5.82 Å². The molecule has 0 aliphatic carbocycles. The van der Waals surface area contributed by atoms with Crippen LogP contribution in [0.25, 0.3) is 22.2 Å². The van der Waals surface area contributed by atoms with E-state index in [-0.39, 0.29) is 0 Å². The first-order valence-electron chi connectivity index (χ1n) is 9.74. The number of hydrogen-bond acceptors (Lipinski definition) is 6. The van der Waals surface area contributed by atoms with Crippen molar-refractivity contribution in [2.75, 3.05) is 24.6 Å². The van der Waals surface area contributed by atoms with Crippen molar-refractivity contribution < 1.29 is 0 Å². The lowest BCUT2D eigenvalue weighted by molar-refractivity contribution is 0.562. The van der Waals surface area contributed by atoms with Gasteiger partial charge >= 0.3 is 0 Å². The van der Waals surface area contributed by atoms with Crippen LogP contribution in [-0.4, -0.2) is 33.3 Å². The molecule has 0 saturated carbocycles. The molecule has 0 spiro atoms. The Morgan fingerprint density at radius 1 is 1.14 bits per heavy atom. The summed E-state index contributed by atoms with van der Waals surface area (Å²) in [6, 6.07) is 14.0. The molecule has 0 unspecified atom stereocenters. The number of nitrogens with two attached hydrogens (primary N) is 1. The Morgan fingerprint density at radius 2 is 2.07 bits per heavy atom. The van der Waals surface area contributed by atoms with Gasteiger partial charge in [-0.15, -0.1) is 0 Å². The number of nitrogens with zero attached hydrogens (tertiary/aromatic N) is 4. The number of hydrogen-bond donors (Lipinski definition) is 3. The van der Waals surface area contributed by atoms with E-state index in [0.717, 1.165) is 47.2 Å². The van der Waals surface area contributed by atoms with Gasteiger partial charge in [-0.3, -0.25) is 9.67 Å². The van der Waals surface area contributed by atoms with Crippen LogP contribution in [0.1, 0.15) is 12.0 Å². The Morgan fingerprint density at radius 3 is 2.97 bits per heavy atom. The zero-order valence-electron chi connectivity index (χ0n) is 16.5. The smallest absolute Gasteiger partial charge is 0.150 e. The van der Waals surface area contributed by atoms with Crippen molar-refractivity contribution >= 4 is 22.4 Å². The van der Waals surface area contributed by atoms with Crippen LogP contribution in [0.15, 0.2) is 61.1 Å². The summed E-state index contributed by atoms with van der Waals surface area (Å²) in [5.41, 5.74) is 10.7. The van der Waals surface area contributed by atoms with Crippen molar-refractivity contribution in [3.05, 3.63) is 66.6 Å². The third-order valence-corrected chi connectivity index (χ3v) is 4.80. The van der Waals surface area contributed by atoms with E-state index in [9.17, 15) is 0 Å². The third kappa shape index (κ3) is 4.52. The number of nitrogen functional groups attached to an aromatic ring is 1. The summed E-state index contributed by atoms with van der Waals surface area (Å²) in [5, 5.41) is 12.1. The monoisotopic (exact) mass is 387 g/mol. The minimum atomic E-state index is 0.623. The molecule has 3 heterocycles. The highest BCUT2D eigenvalue weighted by molar-refractivity contribution is 5.79. The van der Waals surface area contributed by atoms with Crippen LogP contribution in [0.2, 0.25) is 0 Å². The standard InChI is InChI=1S/C22H25N7/c1-24-9-3-11-29-15-18(14-27-29)21-8-6-19(23)22(28-21)26-13-16-5-7-20-17(12-16)4-2-10-25-20/h2,4-8,10,12,14-15,24H,3,9,11,13,23H2,1H3,(H,26,28). The molecule has 1 aromatic carbocycles. The normalized spacial score (nSPS) is 11.1. The van der Waals surface area contributed by atoms with Gasteiger partial charge in [0.05, 0.1) is 23.1 Å². The number of nitrogens with one attached hydrogen (secondary N) is 2. The lowest BCUT2D eigenvalue weighted by Crippen LogP contribution is -2.11. The second kappa shape index (κ2) is 8.70. The highest BCUT2D eigenvalue weighted by atomic mass is 15.3. The van der Waals surface area contributed by atoms with Crippen molar-refractivity contribution in [3.8, 4) is 11.3 Å². The summed E-state index contributed by atoms with van der Waals surface area (Å²) in [7, 11) is 1.95. The lowest BCUT2D eigenvalue weighted by Gasteiger charge is -2.10. The van der Waals surface area contributed by atoms with Crippen LogP contribution in [-0.2, 0) is 13.1 Å². The van der Waals surface area contributed by atoms with E-state index in [1.165, 1.54) is 0 Å².